The molecule has 0 aliphatic carbocycles. The monoisotopic (exact) mass is 547 g/mol. The fraction of sp³-hybridized carbons (Fsp3) is 0.500. The second-order valence-corrected chi connectivity index (χ2v) is 11.4. The zero-order chi connectivity index (χ0) is 28.5. The maximum Gasteiger partial charge on any atom is 0.411 e. The first-order valence-electron chi connectivity index (χ1n) is 14.4. The van der Waals surface area contributed by atoms with E-state index in [0.29, 0.717) is 17.8 Å². The minimum Gasteiger partial charge on any atom is -0.457 e. The second-order valence-electron chi connectivity index (χ2n) is 11.4. The van der Waals surface area contributed by atoms with Crippen LogP contribution in [0.5, 0.6) is 0 Å². The largest absolute Gasteiger partial charge is 0.457 e. The van der Waals surface area contributed by atoms with Crippen LogP contribution < -0.4 is 0 Å². The molecule has 2 heterocycles. The normalized spacial score (nSPS) is 17.1. The Morgan fingerprint density at radius 1 is 0.975 bits per heavy atom. The van der Waals surface area contributed by atoms with Crippen LogP contribution in [0.25, 0.3) is 11.4 Å². The van der Waals surface area contributed by atoms with E-state index in [-0.39, 0.29) is 12.4 Å². The minimum atomic E-state index is -0.683. The first-order valence-corrected chi connectivity index (χ1v) is 14.4. The van der Waals surface area contributed by atoms with Gasteiger partial charge in [0.1, 0.15) is 17.7 Å². The molecule has 0 bridgehead atoms. The topological polar surface area (TPSA) is 94.8 Å². The molecule has 1 fully saturated rings. The molecule has 8 nitrogen and oxygen atoms in total. The van der Waals surface area contributed by atoms with E-state index in [1.54, 1.807) is 24.3 Å². The number of esters is 1. The molecule has 4 rings (SSSR count). The summed E-state index contributed by atoms with van der Waals surface area (Å²) in [5, 5.41) is 4.19. The fourth-order valence-electron chi connectivity index (χ4n) is 4.85. The van der Waals surface area contributed by atoms with Gasteiger partial charge in [0.15, 0.2) is 0 Å². The van der Waals surface area contributed by atoms with E-state index in [9.17, 15) is 9.59 Å². The summed E-state index contributed by atoms with van der Waals surface area (Å²) in [4.78, 5) is 31.9. The van der Waals surface area contributed by atoms with E-state index in [0.717, 1.165) is 12.0 Å². The molecular formula is C32H41N3O5. The van der Waals surface area contributed by atoms with Crippen LogP contribution in [0.3, 0.4) is 0 Å². The highest BCUT2D eigenvalue weighted by Gasteiger charge is 2.43. The molecule has 0 radical (unpaired) electrons. The lowest BCUT2D eigenvalue weighted by Crippen LogP contribution is -2.37. The summed E-state index contributed by atoms with van der Waals surface area (Å²) in [5.74, 6) is 0.299. The Balaban J connectivity index is 1.43. The van der Waals surface area contributed by atoms with Crippen LogP contribution in [0.4, 0.5) is 4.79 Å². The van der Waals surface area contributed by atoms with Gasteiger partial charge in [0, 0.05) is 12.0 Å². The molecule has 1 aromatic heterocycles. The molecule has 1 amide bonds. The lowest BCUT2D eigenvalue weighted by atomic mass is 10.0. The number of rotatable bonds is 11. The van der Waals surface area contributed by atoms with Crippen LogP contribution in [0, 0.1) is 0 Å². The van der Waals surface area contributed by atoms with E-state index in [1.807, 2.05) is 39.0 Å². The Kier molecular flexibility index (Phi) is 9.96. The number of aromatic nitrogens is 2. The summed E-state index contributed by atoms with van der Waals surface area (Å²) in [6.45, 7) is 7.83. The second kappa shape index (κ2) is 13.6. The molecule has 0 N–H and O–H groups in total. The highest BCUT2D eigenvalue weighted by molar-refractivity contribution is 5.89. The summed E-state index contributed by atoms with van der Waals surface area (Å²) in [5.41, 5.74) is 1.90. The summed E-state index contributed by atoms with van der Waals surface area (Å²) in [6, 6.07) is 16.5. The van der Waals surface area contributed by atoms with E-state index in [1.165, 1.54) is 49.0 Å². The van der Waals surface area contributed by atoms with Crippen molar-refractivity contribution in [3.8, 4) is 11.4 Å². The van der Waals surface area contributed by atoms with Crippen LogP contribution in [0.1, 0.15) is 100 Å². The number of likely N-dealkylation sites (tertiary alicyclic amines) is 1. The first-order chi connectivity index (χ1) is 19.2. The van der Waals surface area contributed by atoms with E-state index >= 15 is 0 Å². The standard InChI is InChI=1S/C32H41N3O5/c1-5-6-7-8-9-11-14-23-17-19-24(20-18-23)28-33-29(40-34-28)27-21-26(22-35(27)31(37)39-32(2,3)4)38-30(36)25-15-12-10-13-16-25/h10,12-13,15-20,26-27H,5-9,11,14,21-22H2,1-4H3/t26-,27-/m0/s1. The third kappa shape index (κ3) is 8.16. The first kappa shape index (κ1) is 29.3. The molecule has 2 atom stereocenters. The van der Waals surface area contributed by atoms with Crippen molar-refractivity contribution >= 4 is 12.1 Å². The number of carbonyl (C=O) groups excluding carboxylic acids is 2. The van der Waals surface area contributed by atoms with E-state index in [4.69, 9.17) is 14.0 Å². The lowest BCUT2D eigenvalue weighted by Gasteiger charge is -2.26. The molecule has 1 aliphatic rings. The molecule has 0 spiro atoms. The van der Waals surface area contributed by atoms with Crippen molar-refractivity contribution in [3.63, 3.8) is 0 Å². The zero-order valence-corrected chi connectivity index (χ0v) is 24.1. The Morgan fingerprint density at radius 2 is 1.68 bits per heavy atom. The van der Waals surface area contributed by atoms with E-state index < -0.39 is 29.8 Å². The quantitative estimate of drug-likeness (QED) is 0.181. The number of hydrogen-bond acceptors (Lipinski definition) is 7. The zero-order valence-electron chi connectivity index (χ0n) is 24.1. The number of ether oxygens (including phenoxy) is 2. The van der Waals surface area contributed by atoms with Crippen LogP contribution in [0.15, 0.2) is 59.1 Å². The molecule has 8 heteroatoms. The van der Waals surface area contributed by atoms with Crippen LogP contribution in [-0.2, 0) is 15.9 Å². The van der Waals surface area contributed by atoms with Crippen molar-refractivity contribution in [1.29, 1.82) is 0 Å². The van der Waals surface area contributed by atoms with Gasteiger partial charge in [0.2, 0.25) is 11.7 Å². The summed E-state index contributed by atoms with van der Waals surface area (Å²) in [6.07, 6.45) is 7.97. The van der Waals surface area contributed by atoms with Crippen LogP contribution in [0.2, 0.25) is 0 Å². The fourth-order valence-corrected chi connectivity index (χ4v) is 4.85. The van der Waals surface area contributed by atoms with Crippen molar-refractivity contribution in [2.45, 2.75) is 96.8 Å². The smallest absolute Gasteiger partial charge is 0.411 e. The average Bonchev–Trinajstić information content (AvgIpc) is 3.58. The third-order valence-electron chi connectivity index (χ3n) is 6.93. The molecule has 2 aromatic carbocycles. The Hall–Kier alpha value is -3.68. The average molecular weight is 548 g/mol. The number of unbranched alkanes of at least 4 members (excludes halogenated alkanes) is 5. The van der Waals surface area contributed by atoms with Gasteiger partial charge >= 0.3 is 12.1 Å². The SMILES string of the molecule is CCCCCCCCc1ccc(-c2noc([C@@H]3C[C@H](OC(=O)c4ccccc4)CN3C(=O)OC(C)(C)C)n2)cc1. The van der Waals surface area contributed by atoms with Crippen molar-refractivity contribution in [2.75, 3.05) is 6.54 Å². The van der Waals surface area contributed by atoms with Gasteiger partial charge in [0.25, 0.3) is 0 Å². The van der Waals surface area contributed by atoms with Gasteiger partial charge < -0.3 is 14.0 Å². The number of amides is 1. The van der Waals surface area contributed by atoms with Crippen molar-refractivity contribution in [2.24, 2.45) is 0 Å². The number of carbonyl (C=O) groups is 2. The Bertz CT molecular complexity index is 1230. The Morgan fingerprint density at radius 3 is 2.38 bits per heavy atom. The number of aryl methyl sites for hydroxylation is 1. The van der Waals surface area contributed by atoms with Crippen molar-refractivity contribution in [3.05, 3.63) is 71.6 Å². The molecule has 0 saturated carbocycles. The van der Waals surface area contributed by atoms with Crippen LogP contribution >= 0.6 is 0 Å². The van der Waals surface area contributed by atoms with Gasteiger partial charge in [-0.2, -0.15) is 4.98 Å². The van der Waals surface area contributed by atoms with Gasteiger partial charge in [0.05, 0.1) is 12.1 Å². The predicted octanol–water partition coefficient (Wildman–Crippen LogP) is 7.55. The molecule has 40 heavy (non-hydrogen) atoms. The van der Waals surface area contributed by atoms with Gasteiger partial charge in [-0.1, -0.05) is 86.6 Å². The van der Waals surface area contributed by atoms with Gasteiger partial charge in [-0.25, -0.2) is 9.59 Å². The molecule has 1 saturated heterocycles. The summed E-state index contributed by atoms with van der Waals surface area (Å²) < 4.78 is 17.0. The molecule has 214 valence electrons. The Labute approximate surface area is 237 Å². The molecule has 1 aliphatic heterocycles. The van der Waals surface area contributed by atoms with E-state index in [2.05, 4.69) is 29.2 Å². The predicted molar refractivity (Wildman–Crippen MR) is 153 cm³/mol. The minimum absolute atomic E-state index is 0.170. The number of nitrogens with zero attached hydrogens (tertiary/aromatic N) is 3. The highest BCUT2D eigenvalue weighted by atomic mass is 16.6. The molecule has 0 unspecified atom stereocenters. The van der Waals surface area contributed by atoms with Gasteiger partial charge in [-0.15, -0.1) is 0 Å². The number of benzene rings is 2. The number of hydrogen-bond donors (Lipinski definition) is 0. The summed E-state index contributed by atoms with van der Waals surface area (Å²) in [7, 11) is 0. The van der Waals surface area contributed by atoms with Crippen molar-refractivity contribution < 1.29 is 23.6 Å². The maximum absolute atomic E-state index is 13.1. The highest BCUT2D eigenvalue weighted by Crippen LogP contribution is 2.35. The summed E-state index contributed by atoms with van der Waals surface area (Å²) >= 11 is 0. The third-order valence-corrected chi connectivity index (χ3v) is 6.93. The lowest BCUT2D eigenvalue weighted by molar-refractivity contribution is 0.0144. The van der Waals surface area contributed by atoms with Gasteiger partial charge in [-0.05, 0) is 51.3 Å². The molecular weight excluding hydrogens is 506 g/mol. The maximum atomic E-state index is 13.1. The van der Waals surface area contributed by atoms with Crippen LogP contribution in [-0.4, -0.2) is 45.4 Å². The van der Waals surface area contributed by atoms with Gasteiger partial charge in [-0.3, -0.25) is 4.90 Å². The molecule has 3 aromatic rings. The van der Waals surface area contributed by atoms with Crippen molar-refractivity contribution in [1.82, 2.24) is 15.0 Å².